The molecule has 1 aromatic carbocycles. The highest BCUT2D eigenvalue weighted by molar-refractivity contribution is 9.10. The molecule has 148 valence electrons. The lowest BCUT2D eigenvalue weighted by atomic mass is 10.0. The molecule has 27 heavy (non-hydrogen) atoms. The third-order valence-electron chi connectivity index (χ3n) is 5.27. The summed E-state index contributed by atoms with van der Waals surface area (Å²) >= 11 is 3.50. The van der Waals surface area contributed by atoms with Crippen LogP contribution >= 0.6 is 15.9 Å². The molecule has 0 aromatic heterocycles. The number of nitrogens with one attached hydrogen (secondary N) is 2. The Morgan fingerprint density at radius 1 is 1.26 bits per heavy atom. The first kappa shape index (κ1) is 20.4. The number of hydrogen-bond donors (Lipinski definition) is 2. The zero-order chi connectivity index (χ0) is 18.9. The maximum absolute atomic E-state index is 5.36. The predicted octanol–water partition coefficient (Wildman–Crippen LogP) is 3.32. The summed E-state index contributed by atoms with van der Waals surface area (Å²) in [6.45, 7) is 5.83. The van der Waals surface area contributed by atoms with Gasteiger partial charge in [-0.25, -0.2) is 0 Å². The van der Waals surface area contributed by atoms with Gasteiger partial charge in [-0.3, -0.25) is 9.89 Å². The number of halogens is 1. The van der Waals surface area contributed by atoms with Gasteiger partial charge in [0.1, 0.15) is 0 Å². The van der Waals surface area contributed by atoms with Crippen molar-refractivity contribution in [1.29, 1.82) is 0 Å². The summed E-state index contributed by atoms with van der Waals surface area (Å²) in [5, 5.41) is 7.06. The highest BCUT2D eigenvalue weighted by Gasteiger charge is 2.20. The number of likely N-dealkylation sites (tertiary alicyclic amines) is 1. The fourth-order valence-electron chi connectivity index (χ4n) is 3.61. The minimum absolute atomic E-state index is 0.500. The van der Waals surface area contributed by atoms with Crippen molar-refractivity contribution in [3.63, 3.8) is 0 Å². The van der Waals surface area contributed by atoms with Gasteiger partial charge in [0.05, 0.1) is 13.2 Å². The molecule has 0 aliphatic carbocycles. The number of ether oxygens (including phenoxy) is 1. The molecular formula is C21H31BrN4O. The highest BCUT2D eigenvalue weighted by Crippen LogP contribution is 2.16. The number of aliphatic imine (C=N–C) groups is 1. The molecule has 0 bridgehead atoms. The van der Waals surface area contributed by atoms with Crippen molar-refractivity contribution in [2.45, 2.75) is 38.3 Å². The Bertz CT molecular complexity index is 636. The molecule has 2 aliphatic rings. The number of rotatable bonds is 6. The molecular weight excluding hydrogens is 404 g/mol. The monoisotopic (exact) mass is 434 g/mol. The van der Waals surface area contributed by atoms with Crippen LogP contribution in [0.2, 0.25) is 0 Å². The average molecular weight is 435 g/mol. The molecule has 5 nitrogen and oxygen atoms in total. The molecule has 2 aliphatic heterocycles. The maximum atomic E-state index is 5.36. The molecule has 0 unspecified atom stereocenters. The normalized spacial score (nSPS) is 19.6. The Hall–Kier alpha value is -1.37. The van der Waals surface area contributed by atoms with E-state index in [4.69, 9.17) is 4.74 Å². The Morgan fingerprint density at radius 2 is 2.04 bits per heavy atom. The first-order valence-corrected chi connectivity index (χ1v) is 10.7. The van der Waals surface area contributed by atoms with Crippen LogP contribution in [0.3, 0.4) is 0 Å². The van der Waals surface area contributed by atoms with E-state index in [1.54, 1.807) is 0 Å². The van der Waals surface area contributed by atoms with E-state index in [9.17, 15) is 0 Å². The van der Waals surface area contributed by atoms with Crippen LogP contribution in [0.1, 0.15) is 31.2 Å². The SMILES string of the molecule is CN=C(NCCC1=CCOCC1)NC1CCN(Cc2ccc(Br)cc2)CC1. The van der Waals surface area contributed by atoms with E-state index >= 15 is 0 Å². The summed E-state index contributed by atoms with van der Waals surface area (Å²) in [5.74, 6) is 0.925. The van der Waals surface area contributed by atoms with Gasteiger partial charge in [-0.05, 0) is 43.4 Å². The van der Waals surface area contributed by atoms with E-state index in [2.05, 4.69) is 66.8 Å². The fourth-order valence-corrected chi connectivity index (χ4v) is 3.87. The zero-order valence-electron chi connectivity index (χ0n) is 16.2. The summed E-state index contributed by atoms with van der Waals surface area (Å²) in [6, 6.07) is 9.15. The molecule has 1 saturated heterocycles. The molecule has 0 radical (unpaired) electrons. The highest BCUT2D eigenvalue weighted by atomic mass is 79.9. The molecule has 0 saturated carbocycles. The minimum atomic E-state index is 0.500. The van der Waals surface area contributed by atoms with Gasteiger partial charge in [0, 0.05) is 43.7 Å². The second-order valence-corrected chi connectivity index (χ2v) is 8.17. The number of piperidine rings is 1. The molecule has 3 rings (SSSR count). The molecule has 0 atom stereocenters. The Balaban J connectivity index is 1.35. The van der Waals surface area contributed by atoms with Gasteiger partial charge in [-0.1, -0.05) is 39.7 Å². The first-order valence-electron chi connectivity index (χ1n) is 9.92. The molecule has 2 heterocycles. The van der Waals surface area contributed by atoms with Gasteiger partial charge < -0.3 is 15.4 Å². The van der Waals surface area contributed by atoms with Crippen molar-refractivity contribution in [1.82, 2.24) is 15.5 Å². The summed E-state index contributed by atoms with van der Waals surface area (Å²) in [6.07, 6.45) is 6.64. The van der Waals surface area contributed by atoms with Crippen LogP contribution in [-0.2, 0) is 11.3 Å². The van der Waals surface area contributed by atoms with E-state index in [0.717, 1.165) is 75.5 Å². The van der Waals surface area contributed by atoms with Gasteiger partial charge >= 0.3 is 0 Å². The molecule has 1 aromatic rings. The Morgan fingerprint density at radius 3 is 2.70 bits per heavy atom. The lowest BCUT2D eigenvalue weighted by Gasteiger charge is -2.33. The van der Waals surface area contributed by atoms with Gasteiger partial charge in [0.2, 0.25) is 0 Å². The first-order chi connectivity index (χ1) is 13.2. The quantitative estimate of drug-likeness (QED) is 0.409. The standard InChI is InChI=1S/C21H31BrN4O/c1-23-21(24-11-6-17-9-14-27-15-10-17)25-20-7-12-26(13-8-20)16-18-2-4-19(22)5-3-18/h2-5,9,20H,6-8,10-16H2,1H3,(H2,23,24,25). The van der Waals surface area contributed by atoms with Crippen LogP contribution < -0.4 is 10.6 Å². The van der Waals surface area contributed by atoms with Gasteiger partial charge in [0.15, 0.2) is 5.96 Å². The third kappa shape index (κ3) is 6.94. The Labute approximate surface area is 171 Å². The van der Waals surface area contributed by atoms with Crippen LogP contribution in [-0.4, -0.2) is 56.8 Å². The lowest BCUT2D eigenvalue weighted by Crippen LogP contribution is -2.48. The summed E-state index contributed by atoms with van der Waals surface area (Å²) in [5.41, 5.74) is 2.87. The predicted molar refractivity (Wildman–Crippen MR) is 115 cm³/mol. The molecule has 1 fully saturated rings. The van der Waals surface area contributed by atoms with Crippen LogP contribution in [0.5, 0.6) is 0 Å². The fraction of sp³-hybridized carbons (Fsp3) is 0.571. The maximum Gasteiger partial charge on any atom is 0.191 e. The Kier molecular flexibility index (Phi) is 8.17. The van der Waals surface area contributed by atoms with Crippen molar-refractivity contribution in [3.8, 4) is 0 Å². The number of guanidine groups is 1. The van der Waals surface area contributed by atoms with Crippen molar-refractivity contribution >= 4 is 21.9 Å². The van der Waals surface area contributed by atoms with E-state index < -0.39 is 0 Å². The van der Waals surface area contributed by atoms with Crippen LogP contribution in [0.25, 0.3) is 0 Å². The number of nitrogens with zero attached hydrogens (tertiary/aromatic N) is 2. The van der Waals surface area contributed by atoms with Crippen LogP contribution in [0.15, 0.2) is 45.4 Å². The van der Waals surface area contributed by atoms with Gasteiger partial charge in [-0.2, -0.15) is 0 Å². The van der Waals surface area contributed by atoms with Crippen LogP contribution in [0, 0.1) is 0 Å². The van der Waals surface area contributed by atoms with Crippen molar-refractivity contribution in [3.05, 3.63) is 46.0 Å². The van der Waals surface area contributed by atoms with E-state index in [-0.39, 0.29) is 0 Å². The van der Waals surface area contributed by atoms with Crippen molar-refractivity contribution < 1.29 is 4.74 Å². The average Bonchev–Trinajstić information content (AvgIpc) is 2.71. The third-order valence-corrected chi connectivity index (χ3v) is 5.80. The van der Waals surface area contributed by atoms with Crippen molar-refractivity contribution in [2.75, 3.05) is 39.9 Å². The number of hydrogen-bond acceptors (Lipinski definition) is 3. The molecule has 0 amide bonds. The lowest BCUT2D eigenvalue weighted by molar-refractivity contribution is 0.153. The number of benzene rings is 1. The largest absolute Gasteiger partial charge is 0.377 e. The molecule has 6 heteroatoms. The second-order valence-electron chi connectivity index (χ2n) is 7.26. The van der Waals surface area contributed by atoms with Gasteiger partial charge in [-0.15, -0.1) is 0 Å². The molecule has 2 N–H and O–H groups in total. The molecule has 0 spiro atoms. The van der Waals surface area contributed by atoms with Crippen molar-refractivity contribution in [2.24, 2.45) is 4.99 Å². The smallest absolute Gasteiger partial charge is 0.191 e. The van der Waals surface area contributed by atoms with E-state index in [0.29, 0.717) is 6.04 Å². The topological polar surface area (TPSA) is 48.9 Å². The van der Waals surface area contributed by atoms with Gasteiger partial charge in [0.25, 0.3) is 0 Å². The van der Waals surface area contributed by atoms with E-state index in [1.165, 1.54) is 11.1 Å². The summed E-state index contributed by atoms with van der Waals surface area (Å²) in [4.78, 5) is 6.93. The zero-order valence-corrected chi connectivity index (χ0v) is 17.8. The van der Waals surface area contributed by atoms with E-state index in [1.807, 2.05) is 7.05 Å². The second kappa shape index (κ2) is 10.8. The minimum Gasteiger partial charge on any atom is -0.377 e. The summed E-state index contributed by atoms with van der Waals surface area (Å²) in [7, 11) is 1.85. The summed E-state index contributed by atoms with van der Waals surface area (Å²) < 4.78 is 6.50. The van der Waals surface area contributed by atoms with Crippen LogP contribution in [0.4, 0.5) is 0 Å².